The van der Waals surface area contributed by atoms with E-state index in [0.717, 1.165) is 10.2 Å². The third kappa shape index (κ3) is 1.09. The lowest BCUT2D eigenvalue weighted by Crippen LogP contribution is -1.77. The first-order valence-corrected chi connectivity index (χ1v) is 4.46. The van der Waals surface area contributed by atoms with Crippen molar-refractivity contribution in [2.24, 2.45) is 0 Å². The molecule has 0 aromatic carbocycles. The number of rotatable bonds is 0. The summed E-state index contributed by atoms with van der Waals surface area (Å²) in [5.41, 5.74) is 0. The number of hydrogen-bond donors (Lipinski definition) is 0. The number of aromatic nitrogens is 2. The largest absolute Gasteiger partial charge is 0.225 e. The summed E-state index contributed by atoms with van der Waals surface area (Å²) >= 11 is 13.1. The number of nitrogens with zero attached hydrogens (tertiary/aromatic N) is 2. The van der Waals surface area contributed by atoms with Gasteiger partial charge in [0.15, 0.2) is 0 Å². The SMILES string of the molecule is Clc1csc2ncnc(Cl)c12. The molecule has 56 valence electrons. The van der Waals surface area contributed by atoms with Crippen molar-refractivity contribution in [3.8, 4) is 0 Å². The van der Waals surface area contributed by atoms with Gasteiger partial charge in [-0.25, -0.2) is 9.97 Å². The second-order valence-corrected chi connectivity index (χ2v) is 3.55. The van der Waals surface area contributed by atoms with Crippen molar-refractivity contribution in [3.63, 3.8) is 0 Å². The van der Waals surface area contributed by atoms with Crippen LogP contribution in [0.25, 0.3) is 10.2 Å². The zero-order valence-corrected chi connectivity index (χ0v) is 7.54. The first-order valence-electron chi connectivity index (χ1n) is 2.82. The van der Waals surface area contributed by atoms with Crippen LogP contribution in [0.1, 0.15) is 0 Å². The fourth-order valence-corrected chi connectivity index (χ4v) is 2.28. The maximum Gasteiger partial charge on any atom is 0.142 e. The molecule has 0 bridgehead atoms. The lowest BCUT2D eigenvalue weighted by Gasteiger charge is -1.90. The first kappa shape index (κ1) is 7.28. The van der Waals surface area contributed by atoms with Gasteiger partial charge in [-0.15, -0.1) is 11.3 Å². The van der Waals surface area contributed by atoms with Gasteiger partial charge in [0, 0.05) is 5.38 Å². The van der Waals surface area contributed by atoms with E-state index in [2.05, 4.69) is 9.97 Å². The lowest BCUT2D eigenvalue weighted by molar-refractivity contribution is 1.23. The standard InChI is InChI=1S/C6H2Cl2N2S/c7-3-1-11-6-4(3)5(8)9-2-10-6/h1-2H. The smallest absolute Gasteiger partial charge is 0.142 e. The molecule has 2 heterocycles. The first-order chi connectivity index (χ1) is 5.29. The van der Waals surface area contributed by atoms with E-state index >= 15 is 0 Å². The van der Waals surface area contributed by atoms with Crippen molar-refractivity contribution in [1.82, 2.24) is 9.97 Å². The molecular formula is C6H2Cl2N2S. The zero-order chi connectivity index (χ0) is 7.84. The van der Waals surface area contributed by atoms with Crippen molar-refractivity contribution in [2.45, 2.75) is 0 Å². The summed E-state index contributed by atoms with van der Waals surface area (Å²) in [7, 11) is 0. The van der Waals surface area contributed by atoms with E-state index in [1.165, 1.54) is 17.7 Å². The molecular weight excluding hydrogens is 203 g/mol. The Morgan fingerprint density at radius 3 is 2.82 bits per heavy atom. The Balaban J connectivity index is 2.96. The van der Waals surface area contributed by atoms with Crippen LogP contribution in [-0.4, -0.2) is 9.97 Å². The molecule has 0 aliphatic heterocycles. The summed E-state index contributed by atoms with van der Waals surface area (Å²) in [6.45, 7) is 0. The summed E-state index contributed by atoms with van der Waals surface area (Å²) < 4.78 is 0. The van der Waals surface area contributed by atoms with E-state index in [9.17, 15) is 0 Å². The van der Waals surface area contributed by atoms with Crippen LogP contribution in [0.3, 0.4) is 0 Å². The molecule has 2 aromatic rings. The molecule has 5 heteroatoms. The normalized spacial score (nSPS) is 10.7. The minimum absolute atomic E-state index is 0.418. The van der Waals surface area contributed by atoms with Gasteiger partial charge < -0.3 is 0 Å². The Labute approximate surface area is 76.8 Å². The van der Waals surface area contributed by atoms with Crippen LogP contribution in [0.2, 0.25) is 10.2 Å². The Kier molecular flexibility index (Phi) is 1.71. The molecule has 0 aliphatic carbocycles. The number of hydrogen-bond acceptors (Lipinski definition) is 3. The van der Waals surface area contributed by atoms with E-state index in [0.29, 0.717) is 10.2 Å². The summed E-state index contributed by atoms with van der Waals surface area (Å²) in [6, 6.07) is 0. The van der Waals surface area contributed by atoms with Crippen LogP contribution in [-0.2, 0) is 0 Å². The number of thiophene rings is 1. The molecule has 0 atom stereocenters. The van der Waals surface area contributed by atoms with Crippen LogP contribution >= 0.6 is 34.5 Å². The summed E-state index contributed by atoms with van der Waals surface area (Å²) in [6.07, 6.45) is 1.43. The van der Waals surface area contributed by atoms with Crippen molar-refractivity contribution in [2.75, 3.05) is 0 Å². The van der Waals surface area contributed by atoms with Gasteiger partial charge in [-0.2, -0.15) is 0 Å². The molecule has 0 spiro atoms. The van der Waals surface area contributed by atoms with Crippen molar-refractivity contribution >= 4 is 44.8 Å². The molecule has 0 N–H and O–H groups in total. The molecule has 0 radical (unpaired) electrons. The fraction of sp³-hybridized carbons (Fsp3) is 0. The molecule has 0 unspecified atom stereocenters. The Morgan fingerprint density at radius 2 is 2.09 bits per heavy atom. The highest BCUT2D eigenvalue weighted by Crippen LogP contribution is 2.31. The average Bonchev–Trinajstić information content (AvgIpc) is 2.34. The monoisotopic (exact) mass is 204 g/mol. The molecule has 0 saturated heterocycles. The average molecular weight is 205 g/mol. The van der Waals surface area contributed by atoms with Crippen molar-refractivity contribution in [1.29, 1.82) is 0 Å². The van der Waals surface area contributed by atoms with Gasteiger partial charge in [-0.3, -0.25) is 0 Å². The van der Waals surface area contributed by atoms with Gasteiger partial charge in [0.2, 0.25) is 0 Å². The fourth-order valence-electron chi connectivity index (χ4n) is 0.806. The Morgan fingerprint density at radius 1 is 1.27 bits per heavy atom. The second kappa shape index (κ2) is 2.59. The summed E-state index contributed by atoms with van der Waals surface area (Å²) in [5, 5.41) is 3.59. The third-order valence-corrected chi connectivity index (χ3v) is 2.88. The van der Waals surface area contributed by atoms with Gasteiger partial charge in [0.1, 0.15) is 16.3 Å². The predicted molar refractivity (Wildman–Crippen MR) is 47.4 cm³/mol. The van der Waals surface area contributed by atoms with Gasteiger partial charge in [-0.1, -0.05) is 23.2 Å². The van der Waals surface area contributed by atoms with E-state index < -0.39 is 0 Å². The second-order valence-electron chi connectivity index (χ2n) is 1.93. The maximum atomic E-state index is 5.82. The molecule has 2 nitrogen and oxygen atoms in total. The minimum Gasteiger partial charge on any atom is -0.225 e. The predicted octanol–water partition coefficient (Wildman–Crippen LogP) is 3.00. The maximum absolute atomic E-state index is 5.82. The highest BCUT2D eigenvalue weighted by Gasteiger charge is 2.06. The summed E-state index contributed by atoms with van der Waals surface area (Å²) in [4.78, 5) is 8.65. The van der Waals surface area contributed by atoms with Crippen LogP contribution in [0.5, 0.6) is 0 Å². The summed E-state index contributed by atoms with van der Waals surface area (Å²) in [5.74, 6) is 0. The van der Waals surface area contributed by atoms with Crippen molar-refractivity contribution < 1.29 is 0 Å². The van der Waals surface area contributed by atoms with Gasteiger partial charge in [0.05, 0.1) is 10.4 Å². The quantitative estimate of drug-likeness (QED) is 0.617. The van der Waals surface area contributed by atoms with Crippen molar-refractivity contribution in [3.05, 3.63) is 21.9 Å². The van der Waals surface area contributed by atoms with Crippen LogP contribution in [0.15, 0.2) is 11.7 Å². The van der Waals surface area contributed by atoms with Crippen LogP contribution in [0.4, 0.5) is 0 Å². The lowest BCUT2D eigenvalue weighted by atomic mass is 10.4. The molecule has 2 aromatic heterocycles. The molecule has 0 aliphatic rings. The molecule has 0 saturated carbocycles. The molecule has 2 rings (SSSR count). The van der Waals surface area contributed by atoms with Gasteiger partial charge in [-0.05, 0) is 0 Å². The van der Waals surface area contributed by atoms with Crippen LogP contribution in [0, 0.1) is 0 Å². The van der Waals surface area contributed by atoms with E-state index in [4.69, 9.17) is 23.2 Å². The molecule has 0 fully saturated rings. The zero-order valence-electron chi connectivity index (χ0n) is 5.21. The highest BCUT2D eigenvalue weighted by atomic mass is 35.5. The number of halogens is 2. The molecule has 11 heavy (non-hydrogen) atoms. The molecule has 0 amide bonds. The highest BCUT2D eigenvalue weighted by molar-refractivity contribution is 7.17. The van der Waals surface area contributed by atoms with E-state index in [-0.39, 0.29) is 0 Å². The minimum atomic E-state index is 0.418. The van der Waals surface area contributed by atoms with Crippen LogP contribution < -0.4 is 0 Å². The van der Waals surface area contributed by atoms with E-state index in [1.54, 1.807) is 5.38 Å². The van der Waals surface area contributed by atoms with E-state index in [1.807, 2.05) is 0 Å². The topological polar surface area (TPSA) is 25.8 Å². The third-order valence-electron chi connectivity index (χ3n) is 1.28. The van der Waals surface area contributed by atoms with Gasteiger partial charge in [0.25, 0.3) is 0 Å². The Hall–Kier alpha value is -0.380. The Bertz CT molecular complexity index is 398. The van der Waals surface area contributed by atoms with Gasteiger partial charge >= 0.3 is 0 Å². The number of fused-ring (bicyclic) bond motifs is 1.